The second-order valence-corrected chi connectivity index (χ2v) is 11.2. The second kappa shape index (κ2) is 10.9. The number of hydrogen-bond donors (Lipinski definition) is 3. The molecule has 1 aromatic carbocycles. The molecular weight excluding hydrogens is 514 g/mol. The molecule has 11 heteroatoms. The number of phenolic OH excluding ortho intramolecular Hbond substituents is 1. The van der Waals surface area contributed by atoms with Gasteiger partial charge in [0, 0.05) is 32.4 Å². The Hall–Kier alpha value is -4.12. The van der Waals surface area contributed by atoms with Crippen molar-refractivity contribution >= 4 is 40.8 Å². The molecule has 0 bridgehead atoms. The fourth-order valence-corrected chi connectivity index (χ4v) is 5.09. The van der Waals surface area contributed by atoms with E-state index >= 15 is 0 Å². The normalized spacial score (nSPS) is 14.8. The quantitative estimate of drug-likeness (QED) is 0.260. The molecular formula is C28H33N7O3S. The fraction of sp³-hybridized carbons (Fsp3) is 0.357. The number of aromatic nitrogens is 3. The molecule has 1 saturated heterocycles. The summed E-state index contributed by atoms with van der Waals surface area (Å²) in [5.41, 5.74) is 0.438. The number of para-hydroxylation sites is 1. The number of carbonyl (C=O) groups is 1. The standard InChI is InChI=1S/C28H33N7O3S/c1-18-11-12-21(38-18)24(28(2,3)4)31-26-25(32-39-33-26)30-20-9-7-8-19(23(20)36)27(37)35-16-14-34(15-17-35)22-10-5-6-13-29-22/h5-13,24,36H,14-17H2,1-4H3,(H,30,32)(H,31,33). The molecule has 1 fully saturated rings. The van der Waals surface area contributed by atoms with Crippen LogP contribution >= 0.6 is 11.7 Å². The van der Waals surface area contributed by atoms with Gasteiger partial charge < -0.3 is 30.0 Å². The first-order valence-electron chi connectivity index (χ1n) is 12.9. The monoisotopic (exact) mass is 547 g/mol. The number of furan rings is 1. The predicted molar refractivity (Wildman–Crippen MR) is 153 cm³/mol. The van der Waals surface area contributed by atoms with Crippen molar-refractivity contribution in [2.75, 3.05) is 41.7 Å². The zero-order chi connectivity index (χ0) is 27.6. The number of rotatable bonds is 7. The van der Waals surface area contributed by atoms with E-state index in [1.165, 1.54) is 0 Å². The van der Waals surface area contributed by atoms with Crippen LogP contribution in [0.1, 0.15) is 48.7 Å². The van der Waals surface area contributed by atoms with Crippen molar-refractivity contribution in [3.05, 3.63) is 71.8 Å². The minimum absolute atomic E-state index is 0.123. The van der Waals surface area contributed by atoms with Crippen LogP contribution in [0.5, 0.6) is 5.75 Å². The summed E-state index contributed by atoms with van der Waals surface area (Å²) in [6.07, 6.45) is 1.77. The van der Waals surface area contributed by atoms with E-state index in [0.29, 0.717) is 43.5 Å². The van der Waals surface area contributed by atoms with Crippen LogP contribution in [0, 0.1) is 12.3 Å². The van der Waals surface area contributed by atoms with E-state index in [2.05, 4.69) is 50.0 Å². The molecule has 1 aliphatic rings. The van der Waals surface area contributed by atoms with Crippen LogP contribution in [0.2, 0.25) is 0 Å². The first-order chi connectivity index (χ1) is 18.7. The SMILES string of the molecule is Cc1ccc(C(Nc2nsnc2Nc2cccc(C(=O)N3CCN(c4ccccn4)CC3)c2O)C(C)(C)C)o1. The highest BCUT2D eigenvalue weighted by Gasteiger charge is 2.31. The van der Waals surface area contributed by atoms with Gasteiger partial charge in [0.15, 0.2) is 17.4 Å². The molecule has 3 aromatic heterocycles. The number of hydrogen-bond acceptors (Lipinski definition) is 10. The van der Waals surface area contributed by atoms with E-state index in [1.807, 2.05) is 37.3 Å². The van der Waals surface area contributed by atoms with Crippen LogP contribution in [0.15, 0.2) is 59.1 Å². The number of aromatic hydroxyl groups is 1. The smallest absolute Gasteiger partial charge is 0.257 e. The van der Waals surface area contributed by atoms with Gasteiger partial charge >= 0.3 is 0 Å². The maximum atomic E-state index is 13.4. The van der Waals surface area contributed by atoms with Crippen molar-refractivity contribution in [1.29, 1.82) is 0 Å². The molecule has 0 aliphatic carbocycles. The first-order valence-corrected chi connectivity index (χ1v) is 13.6. The second-order valence-electron chi connectivity index (χ2n) is 10.6. The van der Waals surface area contributed by atoms with Crippen LogP contribution in [0.3, 0.4) is 0 Å². The van der Waals surface area contributed by atoms with Gasteiger partial charge in [0.1, 0.15) is 17.3 Å². The summed E-state index contributed by atoms with van der Waals surface area (Å²) < 4.78 is 14.7. The number of phenols is 1. The van der Waals surface area contributed by atoms with Crippen LogP contribution < -0.4 is 15.5 Å². The topological polar surface area (TPSA) is 120 Å². The summed E-state index contributed by atoms with van der Waals surface area (Å²) in [4.78, 5) is 21.7. The molecule has 1 amide bonds. The molecule has 1 unspecified atom stereocenters. The van der Waals surface area contributed by atoms with E-state index in [-0.39, 0.29) is 28.7 Å². The molecule has 1 aliphatic heterocycles. The third kappa shape index (κ3) is 5.83. The number of anilines is 4. The number of benzene rings is 1. The fourth-order valence-electron chi connectivity index (χ4n) is 4.62. The molecule has 1 atom stereocenters. The Labute approximate surface area is 232 Å². The van der Waals surface area contributed by atoms with Gasteiger partial charge in [-0.15, -0.1) is 0 Å². The highest BCUT2D eigenvalue weighted by atomic mass is 32.1. The number of carbonyl (C=O) groups excluding carboxylic acids is 1. The maximum Gasteiger partial charge on any atom is 0.257 e. The Kier molecular flexibility index (Phi) is 7.42. The lowest BCUT2D eigenvalue weighted by Crippen LogP contribution is -2.49. The number of aryl methyl sites for hydroxylation is 1. The molecule has 39 heavy (non-hydrogen) atoms. The van der Waals surface area contributed by atoms with Gasteiger partial charge in [-0.2, -0.15) is 8.75 Å². The largest absolute Gasteiger partial charge is 0.505 e. The lowest BCUT2D eigenvalue weighted by Gasteiger charge is -2.35. The van der Waals surface area contributed by atoms with Crippen LogP contribution in [-0.4, -0.2) is 55.8 Å². The Morgan fingerprint density at radius 2 is 1.79 bits per heavy atom. The zero-order valence-electron chi connectivity index (χ0n) is 22.5. The van der Waals surface area contributed by atoms with Crippen molar-refractivity contribution in [3.63, 3.8) is 0 Å². The van der Waals surface area contributed by atoms with Gasteiger partial charge in [-0.05, 0) is 48.7 Å². The van der Waals surface area contributed by atoms with E-state index in [4.69, 9.17) is 4.42 Å². The number of pyridine rings is 1. The molecule has 0 radical (unpaired) electrons. The van der Waals surface area contributed by atoms with Gasteiger partial charge in [0.05, 0.1) is 29.0 Å². The third-order valence-electron chi connectivity index (χ3n) is 6.74. The Morgan fingerprint density at radius 3 is 2.46 bits per heavy atom. The summed E-state index contributed by atoms with van der Waals surface area (Å²) >= 11 is 1.05. The molecule has 3 N–H and O–H groups in total. The highest BCUT2D eigenvalue weighted by Crippen LogP contribution is 2.39. The lowest BCUT2D eigenvalue weighted by atomic mass is 9.85. The highest BCUT2D eigenvalue weighted by molar-refractivity contribution is 6.99. The Bertz CT molecular complexity index is 1420. The van der Waals surface area contributed by atoms with Crippen LogP contribution in [0.4, 0.5) is 23.1 Å². The van der Waals surface area contributed by atoms with Gasteiger partial charge in [-0.25, -0.2) is 4.98 Å². The van der Waals surface area contributed by atoms with Crippen molar-refractivity contribution in [2.45, 2.75) is 33.7 Å². The lowest BCUT2D eigenvalue weighted by molar-refractivity contribution is 0.0743. The molecule has 204 valence electrons. The zero-order valence-corrected chi connectivity index (χ0v) is 23.3. The van der Waals surface area contributed by atoms with Crippen molar-refractivity contribution < 1.29 is 14.3 Å². The molecule has 4 heterocycles. The van der Waals surface area contributed by atoms with Gasteiger partial charge in [0.2, 0.25) is 0 Å². The van der Waals surface area contributed by atoms with Crippen molar-refractivity contribution in [3.8, 4) is 5.75 Å². The third-order valence-corrected chi connectivity index (χ3v) is 7.27. The number of nitrogens with one attached hydrogen (secondary N) is 2. The van der Waals surface area contributed by atoms with Crippen molar-refractivity contribution in [2.24, 2.45) is 5.41 Å². The predicted octanol–water partition coefficient (Wildman–Crippen LogP) is 5.45. The summed E-state index contributed by atoms with van der Waals surface area (Å²) in [7, 11) is 0. The summed E-state index contributed by atoms with van der Waals surface area (Å²) in [5, 5.41) is 17.7. The minimum Gasteiger partial charge on any atom is -0.505 e. The molecule has 0 saturated carbocycles. The summed E-state index contributed by atoms with van der Waals surface area (Å²) in [5.74, 6) is 3.20. The number of nitrogens with zero attached hydrogens (tertiary/aromatic N) is 5. The molecule has 10 nitrogen and oxygen atoms in total. The van der Waals surface area contributed by atoms with Crippen LogP contribution in [-0.2, 0) is 0 Å². The van der Waals surface area contributed by atoms with E-state index in [1.54, 1.807) is 29.3 Å². The average molecular weight is 548 g/mol. The summed E-state index contributed by atoms with van der Waals surface area (Å²) in [6, 6.07) is 14.6. The van der Waals surface area contributed by atoms with E-state index in [0.717, 1.165) is 29.1 Å². The molecule has 5 rings (SSSR count). The molecule has 4 aromatic rings. The Balaban J connectivity index is 1.30. The van der Waals surface area contributed by atoms with Crippen LogP contribution in [0.25, 0.3) is 0 Å². The van der Waals surface area contributed by atoms with E-state index in [9.17, 15) is 9.90 Å². The number of piperazine rings is 1. The molecule has 0 spiro atoms. The van der Waals surface area contributed by atoms with Gasteiger partial charge in [-0.1, -0.05) is 32.9 Å². The Morgan fingerprint density at radius 1 is 1.03 bits per heavy atom. The maximum absolute atomic E-state index is 13.4. The van der Waals surface area contributed by atoms with Crippen molar-refractivity contribution in [1.82, 2.24) is 18.6 Å². The van der Waals surface area contributed by atoms with E-state index < -0.39 is 0 Å². The van der Waals surface area contributed by atoms with Gasteiger partial charge in [0.25, 0.3) is 5.91 Å². The summed E-state index contributed by atoms with van der Waals surface area (Å²) in [6.45, 7) is 10.7. The number of amides is 1. The van der Waals surface area contributed by atoms with Gasteiger partial charge in [-0.3, -0.25) is 4.79 Å². The average Bonchev–Trinajstić information content (AvgIpc) is 3.56. The minimum atomic E-state index is -0.215. The first kappa shape index (κ1) is 26.5.